The summed E-state index contributed by atoms with van der Waals surface area (Å²) >= 11 is 1.17. The molecule has 0 fully saturated rings. The number of hydrogen-bond acceptors (Lipinski definition) is 8. The first-order valence-electron chi connectivity index (χ1n) is 10.6. The number of benzene rings is 2. The highest BCUT2D eigenvalue weighted by molar-refractivity contribution is 7.91. The Morgan fingerprint density at radius 1 is 1.06 bits per heavy atom. The lowest BCUT2D eigenvalue weighted by atomic mass is 10.0. The maximum absolute atomic E-state index is 12.8. The van der Waals surface area contributed by atoms with Crippen LogP contribution in [0.25, 0.3) is 10.4 Å². The second-order valence-electron chi connectivity index (χ2n) is 7.76. The number of phenols is 1. The summed E-state index contributed by atoms with van der Waals surface area (Å²) in [5.41, 5.74) is 3.76. The lowest BCUT2D eigenvalue weighted by molar-refractivity contribution is -0.130. The SMILES string of the molecule is O=C(C[C@H](Cc1ccc(O)cc1)n1cc(CNS(=O)(=O)c2ccc(-c3ccccc3)s2)nn1)NO. The summed E-state index contributed by atoms with van der Waals surface area (Å²) in [7, 11) is -3.76. The molecule has 0 aliphatic rings. The number of phenolic OH excluding ortho intramolecular Hbond substituents is 1. The molecule has 0 radical (unpaired) electrons. The number of sulfonamides is 1. The van der Waals surface area contributed by atoms with Crippen LogP contribution in [-0.4, -0.2) is 39.6 Å². The molecule has 35 heavy (non-hydrogen) atoms. The molecule has 2 aromatic heterocycles. The van der Waals surface area contributed by atoms with E-state index in [0.717, 1.165) is 16.0 Å². The Hall–Kier alpha value is -3.58. The lowest BCUT2D eigenvalue weighted by Gasteiger charge is -2.16. The quantitative estimate of drug-likeness (QED) is 0.188. The van der Waals surface area contributed by atoms with E-state index in [1.54, 1.807) is 35.9 Å². The first-order chi connectivity index (χ1) is 16.8. The van der Waals surface area contributed by atoms with Gasteiger partial charge in [-0.1, -0.05) is 47.7 Å². The standard InChI is InChI=1S/C23H23N5O5S2/c29-20-8-6-16(7-9-20)12-19(13-22(30)26-31)28-15-18(25-27-28)14-24-35(32,33)23-11-10-21(34-23)17-4-2-1-3-5-17/h1-11,15,19,24,29,31H,12-14H2,(H,26,30)/t19-/m0/s1. The molecule has 2 heterocycles. The number of nitrogens with one attached hydrogen (secondary N) is 2. The van der Waals surface area contributed by atoms with Crippen LogP contribution in [0.1, 0.15) is 23.7 Å². The van der Waals surface area contributed by atoms with Gasteiger partial charge in [-0.25, -0.2) is 23.3 Å². The average molecular weight is 514 g/mol. The summed E-state index contributed by atoms with van der Waals surface area (Å²) < 4.78 is 29.8. The molecule has 0 aliphatic carbocycles. The van der Waals surface area contributed by atoms with Gasteiger partial charge in [0.05, 0.1) is 30.9 Å². The zero-order valence-electron chi connectivity index (χ0n) is 18.4. The zero-order chi connectivity index (χ0) is 24.8. The van der Waals surface area contributed by atoms with Crippen molar-refractivity contribution in [3.63, 3.8) is 0 Å². The van der Waals surface area contributed by atoms with Crippen molar-refractivity contribution in [2.75, 3.05) is 0 Å². The Morgan fingerprint density at radius 2 is 1.80 bits per heavy atom. The third-order valence-electron chi connectivity index (χ3n) is 5.23. The summed E-state index contributed by atoms with van der Waals surface area (Å²) in [6.45, 7) is -0.0843. The van der Waals surface area contributed by atoms with Crippen LogP contribution >= 0.6 is 11.3 Å². The van der Waals surface area contributed by atoms with E-state index in [4.69, 9.17) is 5.21 Å². The van der Waals surface area contributed by atoms with Crippen molar-refractivity contribution in [1.82, 2.24) is 25.2 Å². The lowest BCUT2D eigenvalue weighted by Crippen LogP contribution is -2.25. The van der Waals surface area contributed by atoms with Crippen LogP contribution in [-0.2, 0) is 27.8 Å². The van der Waals surface area contributed by atoms with Gasteiger partial charge in [-0.3, -0.25) is 10.0 Å². The van der Waals surface area contributed by atoms with E-state index in [1.807, 2.05) is 30.3 Å². The largest absolute Gasteiger partial charge is 0.508 e. The molecule has 4 rings (SSSR count). The Morgan fingerprint density at radius 3 is 2.51 bits per heavy atom. The van der Waals surface area contributed by atoms with E-state index in [9.17, 15) is 18.3 Å². The number of aromatic hydroxyl groups is 1. The Kier molecular flexibility index (Phi) is 7.56. The molecule has 0 saturated heterocycles. The van der Waals surface area contributed by atoms with E-state index in [0.29, 0.717) is 12.1 Å². The molecule has 1 atom stereocenters. The van der Waals surface area contributed by atoms with Gasteiger partial charge in [0.25, 0.3) is 0 Å². The summed E-state index contributed by atoms with van der Waals surface area (Å²) in [6, 6.07) is 18.9. The second kappa shape index (κ2) is 10.8. The maximum Gasteiger partial charge on any atom is 0.250 e. The van der Waals surface area contributed by atoms with Crippen molar-refractivity contribution in [2.24, 2.45) is 0 Å². The van der Waals surface area contributed by atoms with Gasteiger partial charge in [0.1, 0.15) is 9.96 Å². The molecule has 0 unspecified atom stereocenters. The van der Waals surface area contributed by atoms with Crippen molar-refractivity contribution in [3.8, 4) is 16.2 Å². The van der Waals surface area contributed by atoms with Crippen LogP contribution in [0.15, 0.2) is 77.1 Å². The summed E-state index contributed by atoms with van der Waals surface area (Å²) in [5.74, 6) is -0.478. The molecule has 10 nitrogen and oxygen atoms in total. The normalized spacial score (nSPS) is 12.4. The zero-order valence-corrected chi connectivity index (χ0v) is 20.0. The molecular formula is C23H23N5O5S2. The highest BCUT2D eigenvalue weighted by Crippen LogP contribution is 2.30. The fourth-order valence-electron chi connectivity index (χ4n) is 3.46. The number of amides is 1. The van der Waals surface area contributed by atoms with Crippen LogP contribution in [0.3, 0.4) is 0 Å². The first kappa shape index (κ1) is 24.5. The molecule has 0 spiro atoms. The predicted octanol–water partition coefficient (Wildman–Crippen LogP) is 2.87. The molecule has 4 N–H and O–H groups in total. The van der Waals surface area contributed by atoms with Gasteiger partial charge in [-0.2, -0.15) is 0 Å². The Balaban J connectivity index is 1.45. The van der Waals surface area contributed by atoms with Gasteiger partial charge in [0.2, 0.25) is 15.9 Å². The van der Waals surface area contributed by atoms with Crippen molar-refractivity contribution < 1.29 is 23.5 Å². The van der Waals surface area contributed by atoms with E-state index >= 15 is 0 Å². The average Bonchev–Trinajstić information content (AvgIpc) is 3.55. The summed E-state index contributed by atoms with van der Waals surface area (Å²) in [6.07, 6.45) is 1.85. The number of carbonyl (C=O) groups is 1. The molecule has 1 amide bonds. The number of hydrogen-bond donors (Lipinski definition) is 4. The summed E-state index contributed by atoms with van der Waals surface area (Å²) in [4.78, 5) is 12.7. The van der Waals surface area contributed by atoms with Gasteiger partial charge in [-0.05, 0) is 41.8 Å². The van der Waals surface area contributed by atoms with E-state index < -0.39 is 22.0 Å². The molecule has 0 aliphatic heterocycles. The highest BCUT2D eigenvalue weighted by Gasteiger charge is 2.21. The minimum Gasteiger partial charge on any atom is -0.508 e. The van der Waals surface area contributed by atoms with Crippen molar-refractivity contribution in [1.29, 1.82) is 0 Å². The second-order valence-corrected chi connectivity index (χ2v) is 10.8. The predicted molar refractivity (Wildman–Crippen MR) is 129 cm³/mol. The van der Waals surface area contributed by atoms with E-state index in [1.165, 1.54) is 28.2 Å². The van der Waals surface area contributed by atoms with Crippen molar-refractivity contribution in [3.05, 3.63) is 84.2 Å². The smallest absolute Gasteiger partial charge is 0.250 e. The topological polar surface area (TPSA) is 146 Å². The first-order valence-corrected chi connectivity index (χ1v) is 12.9. The van der Waals surface area contributed by atoms with Crippen LogP contribution in [0, 0.1) is 0 Å². The molecule has 0 bridgehead atoms. The number of hydroxylamine groups is 1. The Bertz CT molecular complexity index is 1390. The maximum atomic E-state index is 12.8. The fraction of sp³-hybridized carbons (Fsp3) is 0.174. The molecule has 4 aromatic rings. The van der Waals surface area contributed by atoms with Crippen LogP contribution in [0.4, 0.5) is 0 Å². The fourth-order valence-corrected chi connectivity index (χ4v) is 5.81. The van der Waals surface area contributed by atoms with Crippen LogP contribution in [0.2, 0.25) is 0 Å². The van der Waals surface area contributed by atoms with Gasteiger partial charge in [-0.15, -0.1) is 16.4 Å². The molecule has 0 saturated carbocycles. The monoisotopic (exact) mass is 513 g/mol. The molecule has 12 heteroatoms. The number of aromatic nitrogens is 3. The van der Waals surface area contributed by atoms with Crippen molar-refractivity contribution >= 4 is 27.3 Å². The summed E-state index contributed by atoms with van der Waals surface area (Å²) in [5, 5.41) is 26.5. The van der Waals surface area contributed by atoms with Gasteiger partial charge in [0.15, 0.2) is 0 Å². The molecule has 182 valence electrons. The third-order valence-corrected chi connectivity index (χ3v) is 8.26. The molecule has 2 aromatic carbocycles. The molecular weight excluding hydrogens is 490 g/mol. The number of rotatable bonds is 10. The third kappa shape index (κ3) is 6.31. The van der Waals surface area contributed by atoms with Crippen LogP contribution < -0.4 is 10.2 Å². The minimum absolute atomic E-state index is 0.0800. The number of thiophene rings is 1. The number of carbonyl (C=O) groups excluding carboxylic acids is 1. The van der Waals surface area contributed by atoms with Gasteiger partial charge >= 0.3 is 0 Å². The van der Waals surface area contributed by atoms with E-state index in [2.05, 4.69) is 15.0 Å². The van der Waals surface area contributed by atoms with Crippen LogP contribution in [0.5, 0.6) is 5.75 Å². The van der Waals surface area contributed by atoms with Gasteiger partial charge in [0, 0.05) is 4.88 Å². The Labute approximate surface area is 205 Å². The van der Waals surface area contributed by atoms with Gasteiger partial charge < -0.3 is 5.11 Å². The number of nitrogens with zero attached hydrogens (tertiary/aromatic N) is 3. The van der Waals surface area contributed by atoms with Crippen molar-refractivity contribution in [2.45, 2.75) is 29.6 Å². The minimum atomic E-state index is -3.76. The highest BCUT2D eigenvalue weighted by atomic mass is 32.2. The van der Waals surface area contributed by atoms with E-state index in [-0.39, 0.29) is 22.9 Å².